The van der Waals surface area contributed by atoms with Gasteiger partial charge in [-0.25, -0.2) is 9.18 Å². The largest absolute Gasteiger partial charge is 0.490 e. The Labute approximate surface area is 81.4 Å². The summed E-state index contributed by atoms with van der Waals surface area (Å²) in [7, 11) is 0. The first-order chi connectivity index (χ1) is 6.83. The van der Waals surface area contributed by atoms with Crippen LogP contribution in [0.1, 0.15) is 0 Å². The van der Waals surface area contributed by atoms with E-state index in [2.05, 4.69) is 4.74 Å². The second kappa shape index (κ2) is 5.96. The molecule has 0 aliphatic heterocycles. The average Bonchev–Trinajstić information content (AvgIpc) is 2.25. The van der Waals surface area contributed by atoms with E-state index in [9.17, 15) is 9.18 Å². The molecule has 1 aromatic carbocycles. The third kappa shape index (κ3) is 3.89. The summed E-state index contributed by atoms with van der Waals surface area (Å²) < 4.78 is 21.3. The first-order valence-corrected chi connectivity index (χ1v) is 4.22. The van der Waals surface area contributed by atoms with Crippen molar-refractivity contribution in [3.05, 3.63) is 30.3 Å². The highest BCUT2D eigenvalue weighted by atomic mass is 19.1. The van der Waals surface area contributed by atoms with E-state index in [0.717, 1.165) is 0 Å². The maximum Gasteiger partial charge on any atom is 0.337 e. The Morgan fingerprint density at radius 1 is 1.21 bits per heavy atom. The van der Waals surface area contributed by atoms with Crippen LogP contribution in [0.5, 0.6) is 5.75 Å². The Morgan fingerprint density at radius 2 is 1.93 bits per heavy atom. The molecule has 0 aromatic heterocycles. The number of esters is 1. The minimum Gasteiger partial charge on any atom is -0.490 e. The second-order valence-electron chi connectivity index (χ2n) is 2.52. The highest BCUT2D eigenvalue weighted by Gasteiger charge is 1.99. The van der Waals surface area contributed by atoms with E-state index >= 15 is 0 Å². The lowest BCUT2D eigenvalue weighted by molar-refractivity contribution is -0.145. The molecular weight excluding hydrogens is 187 g/mol. The molecule has 0 heterocycles. The fraction of sp³-hybridized carbons (Fsp3) is 0.300. The Bertz CT molecular complexity index is 274. The number of carbonyl (C=O) groups is 1. The highest BCUT2D eigenvalue weighted by molar-refractivity contribution is 5.70. The van der Waals surface area contributed by atoms with E-state index in [4.69, 9.17) is 4.74 Å². The monoisotopic (exact) mass is 198 g/mol. The van der Waals surface area contributed by atoms with Gasteiger partial charge in [0.1, 0.15) is 19.0 Å². The predicted molar refractivity (Wildman–Crippen MR) is 48.9 cm³/mol. The Morgan fingerprint density at radius 3 is 2.57 bits per heavy atom. The van der Waals surface area contributed by atoms with Crippen molar-refractivity contribution < 1.29 is 18.7 Å². The van der Waals surface area contributed by atoms with Crippen LogP contribution in [0, 0.1) is 0 Å². The van der Waals surface area contributed by atoms with E-state index in [1.54, 1.807) is 12.1 Å². The number of halogens is 1. The molecule has 1 aromatic rings. The number of alkyl halides is 1. The fourth-order valence-electron chi connectivity index (χ4n) is 0.870. The molecule has 0 saturated carbocycles. The lowest BCUT2D eigenvalue weighted by atomic mass is 10.3. The summed E-state index contributed by atoms with van der Waals surface area (Å²) >= 11 is 0. The van der Waals surface area contributed by atoms with Gasteiger partial charge in [0, 0.05) is 0 Å². The Kier molecular flexibility index (Phi) is 4.47. The maximum atomic E-state index is 11.6. The average molecular weight is 198 g/mol. The van der Waals surface area contributed by atoms with Crippen LogP contribution in [0.25, 0.3) is 0 Å². The molecule has 0 aliphatic rings. The van der Waals surface area contributed by atoms with Gasteiger partial charge in [-0.1, -0.05) is 18.2 Å². The first-order valence-electron chi connectivity index (χ1n) is 4.22. The predicted octanol–water partition coefficient (Wildman–Crippen LogP) is 1.58. The summed E-state index contributed by atoms with van der Waals surface area (Å²) in [6.45, 7) is -0.793. The first kappa shape index (κ1) is 10.5. The van der Waals surface area contributed by atoms with Gasteiger partial charge in [0.15, 0.2) is 6.67 Å². The quantitative estimate of drug-likeness (QED) is 0.532. The van der Waals surface area contributed by atoms with Crippen LogP contribution in [0.4, 0.5) is 4.39 Å². The molecule has 14 heavy (non-hydrogen) atoms. The van der Waals surface area contributed by atoms with E-state index in [1.807, 2.05) is 18.2 Å². The Hall–Kier alpha value is -1.58. The van der Waals surface area contributed by atoms with E-state index < -0.39 is 12.6 Å². The zero-order valence-electron chi connectivity index (χ0n) is 7.61. The van der Waals surface area contributed by atoms with Crippen molar-refractivity contribution in [1.82, 2.24) is 0 Å². The molecule has 0 spiro atoms. The third-order valence-electron chi connectivity index (χ3n) is 1.47. The van der Waals surface area contributed by atoms with Gasteiger partial charge in [0.2, 0.25) is 0 Å². The minimum atomic E-state index is -1.09. The van der Waals surface area contributed by atoms with Crippen LogP contribution in [0.15, 0.2) is 30.3 Å². The molecule has 3 nitrogen and oxygen atoms in total. The van der Waals surface area contributed by atoms with Gasteiger partial charge in [-0.05, 0) is 12.1 Å². The van der Waals surface area contributed by atoms with Crippen molar-refractivity contribution in [2.75, 3.05) is 19.9 Å². The van der Waals surface area contributed by atoms with Gasteiger partial charge >= 0.3 is 5.97 Å². The molecule has 0 N–H and O–H groups in total. The van der Waals surface area contributed by atoms with Crippen molar-refractivity contribution >= 4 is 5.97 Å². The lowest BCUT2D eigenvalue weighted by Gasteiger charge is -2.05. The number of benzene rings is 1. The van der Waals surface area contributed by atoms with Crippen molar-refractivity contribution in [3.8, 4) is 5.75 Å². The molecule has 0 bridgehead atoms. The molecule has 0 unspecified atom stereocenters. The summed E-state index contributed by atoms with van der Waals surface area (Å²) in [5.41, 5.74) is 0. The number of hydrogen-bond acceptors (Lipinski definition) is 3. The van der Waals surface area contributed by atoms with E-state index in [1.165, 1.54) is 0 Å². The molecular formula is C10H11FO3. The number of ether oxygens (including phenoxy) is 2. The zero-order chi connectivity index (χ0) is 10.2. The molecule has 0 saturated heterocycles. The van der Waals surface area contributed by atoms with Gasteiger partial charge in [0.25, 0.3) is 0 Å². The number of hydrogen-bond donors (Lipinski definition) is 0. The standard InChI is InChI=1S/C10H11FO3/c11-8-10(12)14-7-6-13-9-4-2-1-3-5-9/h1-5H,6-8H2. The normalized spacial score (nSPS) is 9.50. The number of rotatable bonds is 5. The molecule has 0 fully saturated rings. The molecule has 0 radical (unpaired) electrons. The summed E-state index contributed by atoms with van der Waals surface area (Å²) in [5, 5.41) is 0. The summed E-state index contributed by atoms with van der Waals surface area (Å²) in [6, 6.07) is 9.12. The van der Waals surface area contributed by atoms with Crippen molar-refractivity contribution in [1.29, 1.82) is 0 Å². The Balaban J connectivity index is 2.13. The van der Waals surface area contributed by atoms with Gasteiger partial charge in [-0.15, -0.1) is 0 Å². The molecule has 0 aliphatic carbocycles. The highest BCUT2D eigenvalue weighted by Crippen LogP contribution is 2.07. The lowest BCUT2D eigenvalue weighted by Crippen LogP contribution is -2.13. The molecule has 0 amide bonds. The van der Waals surface area contributed by atoms with E-state index in [0.29, 0.717) is 5.75 Å². The smallest absolute Gasteiger partial charge is 0.337 e. The summed E-state index contributed by atoms with van der Waals surface area (Å²) in [4.78, 5) is 10.4. The summed E-state index contributed by atoms with van der Waals surface area (Å²) in [6.07, 6.45) is 0. The molecule has 1 rings (SSSR count). The zero-order valence-corrected chi connectivity index (χ0v) is 7.61. The third-order valence-corrected chi connectivity index (χ3v) is 1.47. The van der Waals surface area contributed by atoms with Gasteiger partial charge < -0.3 is 9.47 Å². The van der Waals surface area contributed by atoms with Crippen molar-refractivity contribution in [2.24, 2.45) is 0 Å². The maximum absolute atomic E-state index is 11.6. The van der Waals surface area contributed by atoms with Gasteiger partial charge in [-0.2, -0.15) is 0 Å². The topological polar surface area (TPSA) is 35.5 Å². The van der Waals surface area contributed by atoms with Crippen LogP contribution in [-0.2, 0) is 9.53 Å². The second-order valence-corrected chi connectivity index (χ2v) is 2.52. The van der Waals surface area contributed by atoms with Crippen LogP contribution in [0.2, 0.25) is 0 Å². The molecule has 76 valence electrons. The van der Waals surface area contributed by atoms with Gasteiger partial charge in [0.05, 0.1) is 0 Å². The van der Waals surface area contributed by atoms with Crippen molar-refractivity contribution in [3.63, 3.8) is 0 Å². The molecule has 0 atom stereocenters. The summed E-state index contributed by atoms with van der Waals surface area (Å²) in [5.74, 6) is -0.162. The minimum absolute atomic E-state index is 0.0671. The van der Waals surface area contributed by atoms with E-state index in [-0.39, 0.29) is 13.2 Å². The van der Waals surface area contributed by atoms with Crippen LogP contribution < -0.4 is 4.74 Å². The number of carbonyl (C=O) groups excluding carboxylic acids is 1. The SMILES string of the molecule is O=C(CF)OCCOc1ccccc1. The van der Waals surface area contributed by atoms with Gasteiger partial charge in [-0.3, -0.25) is 0 Å². The van der Waals surface area contributed by atoms with Crippen LogP contribution in [0.3, 0.4) is 0 Å². The fourth-order valence-corrected chi connectivity index (χ4v) is 0.870. The van der Waals surface area contributed by atoms with Crippen LogP contribution in [-0.4, -0.2) is 25.9 Å². The molecule has 4 heteroatoms. The van der Waals surface area contributed by atoms with Crippen LogP contribution >= 0.6 is 0 Å². The van der Waals surface area contributed by atoms with Crippen molar-refractivity contribution in [2.45, 2.75) is 0 Å². The number of para-hydroxylation sites is 1.